The Labute approximate surface area is 173 Å². The largest absolute Gasteiger partial charge is 0.486 e. The van der Waals surface area contributed by atoms with Crippen molar-refractivity contribution in [1.82, 2.24) is 4.90 Å². The van der Waals surface area contributed by atoms with Crippen molar-refractivity contribution in [3.63, 3.8) is 0 Å². The molecule has 0 N–H and O–H groups in total. The van der Waals surface area contributed by atoms with Gasteiger partial charge in [-0.25, -0.2) is 0 Å². The van der Waals surface area contributed by atoms with Crippen LogP contribution < -0.4 is 9.47 Å². The fraction of sp³-hybridized carbons (Fsp3) is 0.381. The molecule has 1 fully saturated rings. The zero-order valence-corrected chi connectivity index (χ0v) is 16.9. The predicted molar refractivity (Wildman–Crippen MR) is 110 cm³/mol. The molecule has 0 aliphatic carbocycles. The van der Waals surface area contributed by atoms with Gasteiger partial charge in [0.2, 0.25) is 5.91 Å². The highest BCUT2D eigenvalue weighted by atomic mass is 32.2. The average molecular weight is 414 g/mol. The number of likely N-dealkylation sites (tertiary alicyclic amines) is 1. The van der Waals surface area contributed by atoms with E-state index in [2.05, 4.69) is 0 Å². The predicted octanol–water partition coefficient (Wildman–Crippen LogP) is 4.21. The SMILES string of the molecule is CC(Sc1ccc([N+](=O)[O-])cc1)C(=O)N1CCCC1c1ccc2c(c1)OCCO2. The Morgan fingerprint density at radius 2 is 1.90 bits per heavy atom. The van der Waals surface area contributed by atoms with Gasteiger partial charge >= 0.3 is 0 Å². The van der Waals surface area contributed by atoms with E-state index in [-0.39, 0.29) is 22.9 Å². The second-order valence-electron chi connectivity index (χ2n) is 7.10. The van der Waals surface area contributed by atoms with Crippen molar-refractivity contribution in [2.45, 2.75) is 36.0 Å². The quantitative estimate of drug-likeness (QED) is 0.414. The normalized spacial score (nSPS) is 19.1. The Morgan fingerprint density at radius 1 is 1.17 bits per heavy atom. The molecular weight excluding hydrogens is 392 g/mol. The molecule has 2 aliphatic rings. The van der Waals surface area contributed by atoms with Gasteiger partial charge in [0.05, 0.1) is 16.2 Å². The van der Waals surface area contributed by atoms with Crippen LogP contribution in [0.1, 0.15) is 31.4 Å². The fourth-order valence-electron chi connectivity index (χ4n) is 3.78. The molecule has 1 amide bonds. The molecule has 0 aromatic heterocycles. The number of ether oxygens (including phenoxy) is 2. The lowest BCUT2D eigenvalue weighted by Gasteiger charge is -2.28. The van der Waals surface area contributed by atoms with Crippen molar-refractivity contribution in [1.29, 1.82) is 0 Å². The minimum absolute atomic E-state index is 0.0261. The topological polar surface area (TPSA) is 81.9 Å². The lowest BCUT2D eigenvalue weighted by molar-refractivity contribution is -0.384. The molecule has 2 heterocycles. The molecule has 2 atom stereocenters. The summed E-state index contributed by atoms with van der Waals surface area (Å²) in [5.41, 5.74) is 1.11. The fourth-order valence-corrected chi connectivity index (χ4v) is 4.72. The number of nitrogens with zero attached hydrogens (tertiary/aromatic N) is 2. The number of non-ortho nitro benzene ring substituents is 1. The van der Waals surface area contributed by atoms with E-state index in [0.29, 0.717) is 13.2 Å². The number of nitro groups is 1. The van der Waals surface area contributed by atoms with Crippen LogP contribution in [0.15, 0.2) is 47.4 Å². The Bertz CT molecular complexity index is 918. The van der Waals surface area contributed by atoms with E-state index in [4.69, 9.17) is 9.47 Å². The maximum atomic E-state index is 13.1. The van der Waals surface area contributed by atoms with E-state index in [9.17, 15) is 14.9 Å². The van der Waals surface area contributed by atoms with Gasteiger partial charge in [0.1, 0.15) is 13.2 Å². The Kier molecular flexibility index (Phi) is 5.62. The lowest BCUT2D eigenvalue weighted by atomic mass is 10.0. The Hall–Kier alpha value is -2.74. The summed E-state index contributed by atoms with van der Waals surface area (Å²) in [6.45, 7) is 3.70. The summed E-state index contributed by atoms with van der Waals surface area (Å²) in [4.78, 5) is 26.3. The summed E-state index contributed by atoms with van der Waals surface area (Å²) in [6.07, 6.45) is 1.88. The number of rotatable bonds is 5. The molecule has 2 aromatic rings. The Balaban J connectivity index is 1.46. The van der Waals surface area contributed by atoms with Crippen molar-refractivity contribution in [2.24, 2.45) is 0 Å². The molecule has 2 aromatic carbocycles. The van der Waals surface area contributed by atoms with Crippen LogP contribution in [0, 0.1) is 10.1 Å². The number of hydrogen-bond acceptors (Lipinski definition) is 6. The average Bonchev–Trinajstić information content (AvgIpc) is 3.23. The van der Waals surface area contributed by atoms with Crippen molar-refractivity contribution in [2.75, 3.05) is 19.8 Å². The van der Waals surface area contributed by atoms with E-state index >= 15 is 0 Å². The maximum Gasteiger partial charge on any atom is 0.269 e. The van der Waals surface area contributed by atoms with Gasteiger partial charge in [0, 0.05) is 23.6 Å². The molecule has 2 unspecified atom stereocenters. The summed E-state index contributed by atoms with van der Waals surface area (Å²) in [5, 5.41) is 10.5. The summed E-state index contributed by atoms with van der Waals surface area (Å²) < 4.78 is 11.3. The zero-order valence-electron chi connectivity index (χ0n) is 16.1. The van der Waals surface area contributed by atoms with E-state index in [1.165, 1.54) is 23.9 Å². The minimum atomic E-state index is -0.425. The van der Waals surface area contributed by atoms with Crippen LogP contribution in [0.5, 0.6) is 11.5 Å². The summed E-state index contributed by atoms with van der Waals surface area (Å²) >= 11 is 1.42. The van der Waals surface area contributed by atoms with Gasteiger partial charge < -0.3 is 14.4 Å². The highest BCUT2D eigenvalue weighted by molar-refractivity contribution is 8.00. The lowest BCUT2D eigenvalue weighted by Crippen LogP contribution is -2.36. The van der Waals surface area contributed by atoms with Crippen LogP contribution in [-0.4, -0.2) is 40.7 Å². The van der Waals surface area contributed by atoms with Crippen molar-refractivity contribution in [3.05, 3.63) is 58.1 Å². The third kappa shape index (κ3) is 4.17. The van der Waals surface area contributed by atoms with Gasteiger partial charge in [-0.15, -0.1) is 11.8 Å². The first-order chi connectivity index (χ1) is 14.0. The standard InChI is InChI=1S/C21H22N2O5S/c1-14(29-17-7-5-16(6-8-17)23(25)26)21(24)22-10-2-3-18(22)15-4-9-19-20(13-15)28-12-11-27-19/h4-9,13-14,18H,2-3,10-12H2,1H3. The number of carbonyl (C=O) groups is 1. The highest BCUT2D eigenvalue weighted by Gasteiger charge is 2.33. The zero-order chi connectivity index (χ0) is 20.4. The molecule has 1 saturated heterocycles. The molecule has 7 nitrogen and oxygen atoms in total. The number of thioether (sulfide) groups is 1. The van der Waals surface area contributed by atoms with Gasteiger partial charge in [-0.3, -0.25) is 14.9 Å². The molecule has 4 rings (SSSR count). The van der Waals surface area contributed by atoms with Crippen LogP contribution >= 0.6 is 11.8 Å². The van der Waals surface area contributed by atoms with E-state index in [1.54, 1.807) is 12.1 Å². The van der Waals surface area contributed by atoms with Crippen LogP contribution in [0.3, 0.4) is 0 Å². The summed E-state index contributed by atoms with van der Waals surface area (Å²) in [7, 11) is 0. The van der Waals surface area contributed by atoms with Gasteiger partial charge in [0.15, 0.2) is 11.5 Å². The van der Waals surface area contributed by atoms with Crippen LogP contribution in [0.2, 0.25) is 0 Å². The second-order valence-corrected chi connectivity index (χ2v) is 8.52. The van der Waals surface area contributed by atoms with Crippen molar-refractivity contribution < 1.29 is 19.2 Å². The van der Waals surface area contributed by atoms with Gasteiger partial charge in [0.25, 0.3) is 5.69 Å². The number of hydrogen-bond donors (Lipinski definition) is 0. The molecule has 0 spiro atoms. The van der Waals surface area contributed by atoms with Gasteiger partial charge in [-0.1, -0.05) is 6.07 Å². The molecule has 29 heavy (non-hydrogen) atoms. The third-order valence-electron chi connectivity index (χ3n) is 5.20. The summed E-state index contributed by atoms with van der Waals surface area (Å²) in [6, 6.07) is 12.2. The maximum absolute atomic E-state index is 13.1. The minimum Gasteiger partial charge on any atom is -0.486 e. The third-order valence-corrected chi connectivity index (χ3v) is 6.29. The molecule has 0 radical (unpaired) electrons. The second kappa shape index (κ2) is 8.32. The number of carbonyl (C=O) groups excluding carboxylic acids is 1. The number of amides is 1. The van der Waals surface area contributed by atoms with E-state index in [1.807, 2.05) is 30.0 Å². The molecule has 2 aliphatic heterocycles. The molecular formula is C21H22N2O5S. The highest BCUT2D eigenvalue weighted by Crippen LogP contribution is 2.39. The number of nitro benzene ring substituents is 1. The van der Waals surface area contributed by atoms with E-state index < -0.39 is 4.92 Å². The first kappa shape index (κ1) is 19.6. The van der Waals surface area contributed by atoms with Gasteiger partial charge in [-0.05, 0) is 49.6 Å². The molecule has 8 heteroatoms. The first-order valence-corrected chi connectivity index (χ1v) is 10.5. The van der Waals surface area contributed by atoms with Gasteiger partial charge in [-0.2, -0.15) is 0 Å². The Morgan fingerprint density at radius 3 is 2.62 bits per heavy atom. The number of benzene rings is 2. The van der Waals surface area contributed by atoms with Crippen molar-refractivity contribution >= 4 is 23.4 Å². The molecule has 0 bridgehead atoms. The monoisotopic (exact) mass is 414 g/mol. The van der Waals surface area contributed by atoms with Crippen LogP contribution in [0.4, 0.5) is 5.69 Å². The number of fused-ring (bicyclic) bond motifs is 1. The smallest absolute Gasteiger partial charge is 0.269 e. The van der Waals surface area contributed by atoms with Crippen LogP contribution in [0.25, 0.3) is 0 Å². The summed E-state index contributed by atoms with van der Waals surface area (Å²) in [5.74, 6) is 1.56. The molecule has 152 valence electrons. The van der Waals surface area contributed by atoms with E-state index in [0.717, 1.165) is 41.3 Å². The van der Waals surface area contributed by atoms with Crippen molar-refractivity contribution in [3.8, 4) is 11.5 Å². The first-order valence-electron chi connectivity index (χ1n) is 9.64. The molecule has 0 saturated carbocycles. The van der Waals surface area contributed by atoms with Crippen LogP contribution in [-0.2, 0) is 4.79 Å².